The second-order valence-corrected chi connectivity index (χ2v) is 6.41. The summed E-state index contributed by atoms with van der Waals surface area (Å²) in [6, 6.07) is 17.8. The van der Waals surface area contributed by atoms with Crippen LogP contribution in [0.4, 0.5) is 0 Å². The summed E-state index contributed by atoms with van der Waals surface area (Å²) in [5.74, 6) is 1.87. The molecule has 2 aromatic carbocycles. The predicted octanol–water partition coefficient (Wildman–Crippen LogP) is 4.23. The lowest BCUT2D eigenvalue weighted by atomic mass is 10.0. The minimum atomic E-state index is 0.658. The molecule has 0 fully saturated rings. The zero-order valence-electron chi connectivity index (χ0n) is 11.9. The fourth-order valence-electron chi connectivity index (χ4n) is 2.68. The molecule has 1 N–H and O–H groups in total. The van der Waals surface area contributed by atoms with Gasteiger partial charge in [0.05, 0.1) is 0 Å². The fraction of sp³-hybridized carbons (Fsp3) is 0.333. The van der Waals surface area contributed by atoms with Gasteiger partial charge in [0, 0.05) is 29.7 Å². The monoisotopic (exact) mass is 283 g/mol. The molecule has 0 spiro atoms. The van der Waals surface area contributed by atoms with Gasteiger partial charge >= 0.3 is 0 Å². The third kappa shape index (κ3) is 3.08. The van der Waals surface area contributed by atoms with Crippen LogP contribution in [0.3, 0.4) is 0 Å². The van der Waals surface area contributed by atoms with E-state index in [9.17, 15) is 0 Å². The maximum absolute atomic E-state index is 3.61. The van der Waals surface area contributed by atoms with Crippen LogP contribution in [0.15, 0.2) is 53.4 Å². The number of rotatable bonds is 5. The minimum absolute atomic E-state index is 0.658. The van der Waals surface area contributed by atoms with Gasteiger partial charge < -0.3 is 5.32 Å². The molecule has 0 saturated carbocycles. The van der Waals surface area contributed by atoms with Crippen molar-refractivity contribution in [1.29, 1.82) is 0 Å². The smallest absolute Gasteiger partial charge is 0.0205 e. The van der Waals surface area contributed by atoms with Crippen molar-refractivity contribution in [1.82, 2.24) is 5.32 Å². The topological polar surface area (TPSA) is 12.0 Å². The van der Waals surface area contributed by atoms with Crippen molar-refractivity contribution in [2.75, 3.05) is 12.3 Å². The van der Waals surface area contributed by atoms with E-state index in [4.69, 9.17) is 0 Å². The number of fused-ring (bicyclic) bond motifs is 1. The van der Waals surface area contributed by atoms with Gasteiger partial charge in [-0.05, 0) is 29.2 Å². The Balaban J connectivity index is 1.53. The summed E-state index contributed by atoms with van der Waals surface area (Å²) in [5, 5.41) is 3.61. The molecule has 0 aliphatic carbocycles. The average Bonchev–Trinajstić information content (AvgIpc) is 2.92. The first kappa shape index (κ1) is 13.7. The Morgan fingerprint density at radius 1 is 1.05 bits per heavy atom. The molecule has 0 radical (unpaired) electrons. The van der Waals surface area contributed by atoms with Crippen LogP contribution in [0.1, 0.15) is 29.5 Å². The highest BCUT2D eigenvalue weighted by atomic mass is 32.2. The van der Waals surface area contributed by atoms with Crippen LogP contribution in [-0.2, 0) is 13.0 Å². The second kappa shape index (κ2) is 6.47. The zero-order chi connectivity index (χ0) is 13.8. The largest absolute Gasteiger partial charge is 0.312 e. The van der Waals surface area contributed by atoms with Gasteiger partial charge in [-0.2, -0.15) is 0 Å². The van der Waals surface area contributed by atoms with E-state index in [-0.39, 0.29) is 0 Å². The van der Waals surface area contributed by atoms with Crippen molar-refractivity contribution in [3.63, 3.8) is 0 Å². The molecule has 2 aromatic rings. The van der Waals surface area contributed by atoms with E-state index in [0.29, 0.717) is 5.92 Å². The molecule has 1 aliphatic heterocycles. The number of hydrogen-bond acceptors (Lipinski definition) is 2. The van der Waals surface area contributed by atoms with Crippen molar-refractivity contribution < 1.29 is 0 Å². The first-order valence-electron chi connectivity index (χ1n) is 7.37. The summed E-state index contributed by atoms with van der Waals surface area (Å²) in [5.41, 5.74) is 4.31. The molecule has 1 heterocycles. The molecule has 104 valence electrons. The van der Waals surface area contributed by atoms with Crippen LogP contribution in [-0.4, -0.2) is 12.3 Å². The highest BCUT2D eigenvalue weighted by Gasteiger charge is 2.21. The molecule has 1 aliphatic rings. The summed E-state index contributed by atoms with van der Waals surface area (Å²) >= 11 is 1.99. The molecule has 2 heteroatoms. The summed E-state index contributed by atoms with van der Waals surface area (Å²) < 4.78 is 0. The summed E-state index contributed by atoms with van der Waals surface area (Å²) in [6.07, 6.45) is 1.11. The van der Waals surface area contributed by atoms with Crippen LogP contribution in [0.25, 0.3) is 0 Å². The van der Waals surface area contributed by atoms with Crippen LogP contribution < -0.4 is 5.32 Å². The lowest BCUT2D eigenvalue weighted by Crippen LogP contribution is -2.21. The van der Waals surface area contributed by atoms with E-state index in [2.05, 4.69) is 60.8 Å². The van der Waals surface area contributed by atoms with Gasteiger partial charge in [0.1, 0.15) is 0 Å². The van der Waals surface area contributed by atoms with Crippen LogP contribution in [0.5, 0.6) is 0 Å². The molecule has 0 bridgehead atoms. The number of hydrogen-bond donors (Lipinski definition) is 1. The number of thioether (sulfide) groups is 1. The number of nitrogens with one attached hydrogen (secondary N) is 1. The maximum Gasteiger partial charge on any atom is 0.0205 e. The summed E-state index contributed by atoms with van der Waals surface area (Å²) in [4.78, 5) is 1.46. The second-order valence-electron chi connectivity index (χ2n) is 5.35. The van der Waals surface area contributed by atoms with Gasteiger partial charge in [0.2, 0.25) is 0 Å². The molecule has 20 heavy (non-hydrogen) atoms. The Labute approximate surface area is 125 Å². The van der Waals surface area contributed by atoms with Gasteiger partial charge in [0.25, 0.3) is 0 Å². The van der Waals surface area contributed by atoms with E-state index >= 15 is 0 Å². The molecule has 0 amide bonds. The molecule has 1 nitrogen and oxygen atoms in total. The molecule has 0 saturated heterocycles. The van der Waals surface area contributed by atoms with Gasteiger partial charge in [-0.15, -0.1) is 11.8 Å². The minimum Gasteiger partial charge on any atom is -0.312 e. The maximum atomic E-state index is 3.61. The van der Waals surface area contributed by atoms with Crippen molar-refractivity contribution in [3.8, 4) is 0 Å². The zero-order valence-corrected chi connectivity index (χ0v) is 12.7. The lowest BCUT2D eigenvalue weighted by Gasteiger charge is -2.12. The standard InChI is InChI=1S/C18H21NS/c1-2-14-7-9-15(10-8-14)11-19-12-16-13-20-18-6-4-3-5-17(16)18/h3-10,16,19H,2,11-13H2,1H3. The first-order valence-corrected chi connectivity index (χ1v) is 8.35. The Hall–Kier alpha value is -1.25. The Morgan fingerprint density at radius 3 is 2.60 bits per heavy atom. The number of aryl methyl sites for hydroxylation is 1. The van der Waals surface area contributed by atoms with Crippen LogP contribution in [0, 0.1) is 0 Å². The lowest BCUT2D eigenvalue weighted by molar-refractivity contribution is 0.621. The van der Waals surface area contributed by atoms with E-state index < -0.39 is 0 Å². The predicted molar refractivity (Wildman–Crippen MR) is 87.4 cm³/mol. The highest BCUT2D eigenvalue weighted by Crippen LogP contribution is 2.38. The number of benzene rings is 2. The van der Waals surface area contributed by atoms with Crippen molar-refractivity contribution >= 4 is 11.8 Å². The van der Waals surface area contributed by atoms with Crippen molar-refractivity contribution in [2.24, 2.45) is 0 Å². The summed E-state index contributed by atoms with van der Waals surface area (Å²) in [6.45, 7) is 4.23. The summed E-state index contributed by atoms with van der Waals surface area (Å²) in [7, 11) is 0. The quantitative estimate of drug-likeness (QED) is 0.881. The molecule has 3 rings (SSSR count). The molecule has 0 aromatic heterocycles. The Morgan fingerprint density at radius 2 is 1.80 bits per heavy atom. The third-order valence-electron chi connectivity index (χ3n) is 3.95. The molecule has 1 unspecified atom stereocenters. The van der Waals surface area contributed by atoms with Crippen molar-refractivity contribution in [3.05, 3.63) is 65.2 Å². The molecular formula is C18H21NS. The normalized spacial score (nSPS) is 17.1. The van der Waals surface area contributed by atoms with E-state index in [0.717, 1.165) is 19.5 Å². The average molecular weight is 283 g/mol. The molecular weight excluding hydrogens is 262 g/mol. The van der Waals surface area contributed by atoms with Crippen LogP contribution in [0.2, 0.25) is 0 Å². The van der Waals surface area contributed by atoms with Gasteiger partial charge in [-0.1, -0.05) is 49.4 Å². The van der Waals surface area contributed by atoms with E-state index in [1.807, 2.05) is 11.8 Å². The third-order valence-corrected chi connectivity index (χ3v) is 5.20. The Bertz CT molecular complexity index is 562. The fourth-order valence-corrected chi connectivity index (χ4v) is 3.94. The molecule has 1 atom stereocenters. The van der Waals surface area contributed by atoms with Gasteiger partial charge in [0.15, 0.2) is 0 Å². The van der Waals surface area contributed by atoms with Gasteiger partial charge in [-0.3, -0.25) is 0 Å². The van der Waals surface area contributed by atoms with E-state index in [1.165, 1.54) is 27.3 Å². The SMILES string of the molecule is CCc1ccc(CNCC2CSc3ccccc32)cc1. The van der Waals surface area contributed by atoms with E-state index in [1.54, 1.807) is 0 Å². The van der Waals surface area contributed by atoms with Gasteiger partial charge in [-0.25, -0.2) is 0 Å². The first-order chi connectivity index (χ1) is 9.86. The van der Waals surface area contributed by atoms with Crippen molar-refractivity contribution in [2.45, 2.75) is 30.7 Å². The Kier molecular flexibility index (Phi) is 4.44. The van der Waals surface area contributed by atoms with Crippen LogP contribution >= 0.6 is 11.8 Å². The highest BCUT2D eigenvalue weighted by molar-refractivity contribution is 7.99.